The van der Waals surface area contributed by atoms with E-state index in [2.05, 4.69) is 0 Å². The summed E-state index contributed by atoms with van der Waals surface area (Å²) in [5.74, 6) is 0.282. The van der Waals surface area contributed by atoms with Crippen LogP contribution < -0.4 is 4.74 Å². The number of rotatable bonds is 3. The summed E-state index contributed by atoms with van der Waals surface area (Å²) < 4.78 is 24.4. The van der Waals surface area contributed by atoms with Crippen molar-refractivity contribution in [2.75, 3.05) is 19.7 Å². The molecule has 0 spiro atoms. The van der Waals surface area contributed by atoms with Gasteiger partial charge in [-0.1, -0.05) is 12.1 Å². The summed E-state index contributed by atoms with van der Waals surface area (Å²) in [4.78, 5) is 13.7. The van der Waals surface area contributed by atoms with Gasteiger partial charge < -0.3 is 14.4 Å². The molecule has 0 bridgehead atoms. The highest BCUT2D eigenvalue weighted by Crippen LogP contribution is 2.22. The van der Waals surface area contributed by atoms with Crippen LogP contribution in [0.4, 0.5) is 9.18 Å². The highest BCUT2D eigenvalue weighted by Gasteiger charge is 2.27. The van der Waals surface area contributed by atoms with Gasteiger partial charge in [0.25, 0.3) is 0 Å². The summed E-state index contributed by atoms with van der Waals surface area (Å²) in [6.07, 6.45) is 1.42. The predicted molar refractivity (Wildman–Crippen MR) is 82.4 cm³/mol. The van der Waals surface area contributed by atoms with E-state index in [-0.39, 0.29) is 17.7 Å². The number of hydrogen-bond acceptors (Lipinski definition) is 3. The maximum atomic E-state index is 13.5. The Kier molecular flexibility index (Phi) is 5.27. The van der Waals surface area contributed by atoms with Crippen LogP contribution in [0, 0.1) is 11.7 Å². The van der Waals surface area contributed by atoms with Crippen molar-refractivity contribution < 1.29 is 18.7 Å². The van der Waals surface area contributed by atoms with Gasteiger partial charge in [0.15, 0.2) is 11.6 Å². The van der Waals surface area contributed by atoms with Crippen LogP contribution in [0.5, 0.6) is 5.75 Å². The minimum Gasteiger partial charge on any atom is -0.490 e. The van der Waals surface area contributed by atoms with E-state index >= 15 is 0 Å². The molecule has 1 fully saturated rings. The van der Waals surface area contributed by atoms with E-state index in [9.17, 15) is 9.18 Å². The molecule has 0 atom stereocenters. The lowest BCUT2D eigenvalue weighted by atomic mass is 9.98. The molecule has 0 aromatic heterocycles. The first-order valence-corrected chi connectivity index (χ1v) is 7.70. The quantitative estimate of drug-likeness (QED) is 0.851. The molecule has 2 rings (SSSR count). The molecule has 1 saturated heterocycles. The van der Waals surface area contributed by atoms with Crippen LogP contribution in [0.25, 0.3) is 0 Å². The molecule has 0 radical (unpaired) electrons. The van der Waals surface area contributed by atoms with E-state index in [0.717, 1.165) is 12.8 Å². The lowest BCUT2D eigenvalue weighted by molar-refractivity contribution is 0.0164. The molecular formula is C17H24FNO3. The Labute approximate surface area is 131 Å². The van der Waals surface area contributed by atoms with Crippen molar-refractivity contribution in [2.45, 2.75) is 39.2 Å². The van der Waals surface area contributed by atoms with Gasteiger partial charge in [0.05, 0.1) is 6.61 Å². The van der Waals surface area contributed by atoms with Gasteiger partial charge in [-0.05, 0) is 51.7 Å². The van der Waals surface area contributed by atoms with Crippen molar-refractivity contribution in [2.24, 2.45) is 5.92 Å². The maximum Gasteiger partial charge on any atom is 0.410 e. The number of halogens is 1. The Morgan fingerprint density at radius 1 is 1.27 bits per heavy atom. The molecule has 122 valence electrons. The standard InChI is InChI=1S/C17H24FNO3/c1-17(2,3)22-16(20)19-10-8-13(9-11-19)12-21-15-7-5-4-6-14(15)18/h4-7,13H,8-12H2,1-3H3. The van der Waals surface area contributed by atoms with Crippen molar-refractivity contribution in [3.8, 4) is 5.75 Å². The van der Waals surface area contributed by atoms with E-state index < -0.39 is 5.60 Å². The van der Waals surface area contributed by atoms with E-state index in [4.69, 9.17) is 9.47 Å². The Morgan fingerprint density at radius 2 is 1.91 bits per heavy atom. The van der Waals surface area contributed by atoms with Crippen LogP contribution >= 0.6 is 0 Å². The number of hydrogen-bond donors (Lipinski definition) is 0. The highest BCUT2D eigenvalue weighted by molar-refractivity contribution is 5.68. The lowest BCUT2D eigenvalue weighted by Gasteiger charge is -2.33. The smallest absolute Gasteiger partial charge is 0.410 e. The van der Waals surface area contributed by atoms with E-state index in [0.29, 0.717) is 25.6 Å². The predicted octanol–water partition coefficient (Wildman–Crippen LogP) is 3.85. The average Bonchev–Trinajstić information content (AvgIpc) is 2.45. The van der Waals surface area contributed by atoms with Crippen LogP contribution in [0.3, 0.4) is 0 Å². The molecule has 0 N–H and O–H groups in total. The fourth-order valence-corrected chi connectivity index (χ4v) is 2.38. The van der Waals surface area contributed by atoms with Gasteiger partial charge in [-0.25, -0.2) is 9.18 Å². The van der Waals surface area contributed by atoms with E-state index in [1.54, 1.807) is 23.1 Å². The Hall–Kier alpha value is -1.78. The molecule has 1 amide bonds. The van der Waals surface area contributed by atoms with E-state index in [1.165, 1.54) is 6.07 Å². The minimum absolute atomic E-state index is 0.263. The molecule has 1 aliphatic rings. The van der Waals surface area contributed by atoms with Gasteiger partial charge in [0.1, 0.15) is 5.60 Å². The monoisotopic (exact) mass is 309 g/mol. The molecule has 1 aromatic rings. The highest BCUT2D eigenvalue weighted by atomic mass is 19.1. The zero-order valence-corrected chi connectivity index (χ0v) is 13.5. The summed E-state index contributed by atoms with van der Waals surface area (Å²) in [5, 5.41) is 0. The summed E-state index contributed by atoms with van der Waals surface area (Å²) >= 11 is 0. The minimum atomic E-state index is -0.470. The first-order chi connectivity index (χ1) is 10.3. The number of carbonyl (C=O) groups excluding carboxylic acids is 1. The van der Waals surface area contributed by atoms with Crippen LogP contribution in [0.15, 0.2) is 24.3 Å². The number of likely N-dealkylation sites (tertiary alicyclic amines) is 1. The molecule has 1 aliphatic heterocycles. The molecule has 22 heavy (non-hydrogen) atoms. The summed E-state index contributed by atoms with van der Waals surface area (Å²) in [6, 6.07) is 6.41. The molecule has 1 aromatic carbocycles. The molecule has 4 nitrogen and oxygen atoms in total. The lowest BCUT2D eigenvalue weighted by Crippen LogP contribution is -2.42. The van der Waals surface area contributed by atoms with Gasteiger partial charge in [-0.15, -0.1) is 0 Å². The Morgan fingerprint density at radius 3 is 2.50 bits per heavy atom. The number of nitrogens with zero attached hydrogens (tertiary/aromatic N) is 1. The van der Waals surface area contributed by atoms with Crippen LogP contribution in [0.2, 0.25) is 0 Å². The Bertz CT molecular complexity index is 505. The van der Waals surface area contributed by atoms with Gasteiger partial charge in [0.2, 0.25) is 0 Å². The van der Waals surface area contributed by atoms with Crippen LogP contribution in [-0.4, -0.2) is 36.3 Å². The van der Waals surface area contributed by atoms with Gasteiger partial charge in [-0.3, -0.25) is 0 Å². The summed E-state index contributed by atoms with van der Waals surface area (Å²) in [7, 11) is 0. The third-order valence-electron chi connectivity index (χ3n) is 3.58. The van der Waals surface area contributed by atoms with Crippen molar-refractivity contribution in [1.29, 1.82) is 0 Å². The summed E-state index contributed by atoms with van der Waals surface area (Å²) in [6.45, 7) is 7.36. The zero-order valence-electron chi connectivity index (χ0n) is 13.5. The molecule has 0 aliphatic carbocycles. The van der Waals surface area contributed by atoms with E-state index in [1.807, 2.05) is 20.8 Å². The average molecular weight is 309 g/mol. The number of amides is 1. The number of benzene rings is 1. The number of piperidine rings is 1. The fourth-order valence-electron chi connectivity index (χ4n) is 2.38. The second kappa shape index (κ2) is 6.99. The zero-order chi connectivity index (χ0) is 16.2. The van der Waals surface area contributed by atoms with Crippen LogP contribution in [0.1, 0.15) is 33.6 Å². The first kappa shape index (κ1) is 16.6. The van der Waals surface area contributed by atoms with Crippen molar-refractivity contribution in [1.82, 2.24) is 4.90 Å². The maximum absolute atomic E-state index is 13.5. The number of para-hydroxylation sites is 1. The fraction of sp³-hybridized carbons (Fsp3) is 0.588. The molecule has 0 saturated carbocycles. The largest absolute Gasteiger partial charge is 0.490 e. The van der Waals surface area contributed by atoms with Crippen molar-refractivity contribution in [3.05, 3.63) is 30.1 Å². The second-order valence-electron chi connectivity index (χ2n) is 6.65. The molecular weight excluding hydrogens is 285 g/mol. The second-order valence-corrected chi connectivity index (χ2v) is 6.65. The Balaban J connectivity index is 1.76. The van der Waals surface area contributed by atoms with Gasteiger partial charge in [0, 0.05) is 13.1 Å². The number of carbonyl (C=O) groups is 1. The summed E-state index contributed by atoms with van der Waals surface area (Å²) in [5.41, 5.74) is -0.470. The third-order valence-corrected chi connectivity index (χ3v) is 3.58. The van der Waals surface area contributed by atoms with Crippen LogP contribution in [-0.2, 0) is 4.74 Å². The van der Waals surface area contributed by atoms with Crippen molar-refractivity contribution >= 4 is 6.09 Å². The van der Waals surface area contributed by atoms with Gasteiger partial charge in [-0.2, -0.15) is 0 Å². The number of ether oxygens (including phenoxy) is 2. The molecule has 5 heteroatoms. The third kappa shape index (κ3) is 4.90. The topological polar surface area (TPSA) is 38.8 Å². The SMILES string of the molecule is CC(C)(C)OC(=O)N1CCC(COc2ccccc2F)CC1. The van der Waals surface area contributed by atoms with Gasteiger partial charge >= 0.3 is 6.09 Å². The molecule has 1 heterocycles. The molecule has 0 unspecified atom stereocenters. The first-order valence-electron chi connectivity index (χ1n) is 7.70. The van der Waals surface area contributed by atoms with Crippen molar-refractivity contribution in [3.63, 3.8) is 0 Å². The normalized spacial score (nSPS) is 16.5.